The second-order valence-corrected chi connectivity index (χ2v) is 6.93. The van der Waals surface area contributed by atoms with E-state index in [4.69, 9.17) is 0 Å². The second-order valence-electron chi connectivity index (χ2n) is 6.93. The van der Waals surface area contributed by atoms with Gasteiger partial charge in [0, 0.05) is 43.6 Å². The molecule has 2 heterocycles. The monoisotopic (exact) mass is 391 g/mol. The van der Waals surface area contributed by atoms with Gasteiger partial charge in [0.15, 0.2) is 0 Å². The molecule has 0 bridgehead atoms. The molecule has 1 aliphatic rings. The average molecular weight is 391 g/mol. The number of nitrogens with one attached hydrogen (secondary N) is 1. The van der Waals surface area contributed by atoms with Crippen molar-refractivity contribution < 1.29 is 9.18 Å². The lowest BCUT2D eigenvalue weighted by molar-refractivity contribution is 0.102. The summed E-state index contributed by atoms with van der Waals surface area (Å²) in [6.45, 7) is 5.12. The predicted molar refractivity (Wildman–Crippen MR) is 112 cm³/mol. The van der Waals surface area contributed by atoms with E-state index in [-0.39, 0.29) is 11.6 Å². The molecule has 3 aromatic rings. The zero-order valence-corrected chi connectivity index (χ0v) is 16.2. The van der Waals surface area contributed by atoms with Crippen LogP contribution in [0.3, 0.4) is 0 Å². The van der Waals surface area contributed by atoms with Crippen molar-refractivity contribution in [1.82, 2.24) is 9.97 Å². The molecule has 0 radical (unpaired) electrons. The lowest BCUT2D eigenvalue weighted by Gasteiger charge is -2.36. The lowest BCUT2D eigenvalue weighted by Crippen LogP contribution is -2.47. The van der Waals surface area contributed by atoms with E-state index in [1.165, 1.54) is 17.8 Å². The number of aryl methyl sites for hydroxylation is 1. The van der Waals surface area contributed by atoms with Crippen molar-refractivity contribution >= 4 is 23.1 Å². The minimum absolute atomic E-state index is 0.266. The molecule has 29 heavy (non-hydrogen) atoms. The summed E-state index contributed by atoms with van der Waals surface area (Å²) in [6.07, 6.45) is 0. The number of anilines is 3. The molecule has 1 amide bonds. The highest BCUT2D eigenvalue weighted by atomic mass is 19.1. The highest BCUT2D eigenvalue weighted by Crippen LogP contribution is 2.20. The van der Waals surface area contributed by atoms with E-state index in [9.17, 15) is 9.18 Å². The Balaban J connectivity index is 1.46. The van der Waals surface area contributed by atoms with E-state index >= 15 is 0 Å². The molecule has 6 nitrogen and oxygen atoms in total. The summed E-state index contributed by atoms with van der Waals surface area (Å²) in [6, 6.07) is 17.8. The lowest BCUT2D eigenvalue weighted by atomic mass is 10.2. The van der Waals surface area contributed by atoms with E-state index < -0.39 is 5.82 Å². The highest BCUT2D eigenvalue weighted by Gasteiger charge is 2.20. The van der Waals surface area contributed by atoms with Gasteiger partial charge in [-0.1, -0.05) is 24.3 Å². The van der Waals surface area contributed by atoms with Crippen LogP contribution in [0.1, 0.15) is 16.3 Å². The first-order chi connectivity index (χ1) is 14.1. The molecule has 0 spiro atoms. The van der Waals surface area contributed by atoms with Crippen LogP contribution in [-0.4, -0.2) is 42.1 Å². The standard InChI is InChI=1S/C22H22FN5O/c1-16-24-20(22(29)26-18-7-5-6-17(23)14-18)15-21(25-16)28-12-10-27(11-13-28)19-8-3-2-4-9-19/h2-9,14-15H,10-13H2,1H3,(H,26,29). The van der Waals surface area contributed by atoms with Crippen molar-refractivity contribution in [2.75, 3.05) is 41.3 Å². The Bertz CT molecular complexity index is 1000. The summed E-state index contributed by atoms with van der Waals surface area (Å²) in [5.74, 6) is 0.468. The third-order valence-corrected chi connectivity index (χ3v) is 4.86. The number of nitrogens with zero attached hydrogens (tertiary/aromatic N) is 4. The zero-order valence-electron chi connectivity index (χ0n) is 16.2. The third-order valence-electron chi connectivity index (χ3n) is 4.86. The predicted octanol–water partition coefficient (Wildman–Crippen LogP) is 3.50. The van der Waals surface area contributed by atoms with Gasteiger partial charge in [-0.05, 0) is 37.3 Å². The molecule has 1 aliphatic heterocycles. The zero-order chi connectivity index (χ0) is 20.2. The minimum atomic E-state index is -0.404. The van der Waals surface area contributed by atoms with E-state index in [2.05, 4.69) is 37.2 Å². The maximum atomic E-state index is 13.4. The van der Waals surface area contributed by atoms with Gasteiger partial charge in [0.1, 0.15) is 23.2 Å². The Morgan fingerprint density at radius 1 is 0.931 bits per heavy atom. The van der Waals surface area contributed by atoms with Crippen LogP contribution >= 0.6 is 0 Å². The summed E-state index contributed by atoms with van der Waals surface area (Å²) in [5.41, 5.74) is 1.87. The molecule has 1 aromatic heterocycles. The largest absolute Gasteiger partial charge is 0.368 e. The van der Waals surface area contributed by atoms with E-state index in [0.29, 0.717) is 11.5 Å². The number of para-hydroxylation sites is 1. The first-order valence-corrected chi connectivity index (χ1v) is 9.56. The Hall–Kier alpha value is -3.48. The Morgan fingerprint density at radius 2 is 1.66 bits per heavy atom. The summed E-state index contributed by atoms with van der Waals surface area (Å²) in [4.78, 5) is 25.9. The number of carbonyl (C=O) groups excluding carboxylic acids is 1. The molecular formula is C22H22FN5O. The first kappa shape index (κ1) is 18.9. The van der Waals surface area contributed by atoms with Crippen molar-refractivity contribution in [3.8, 4) is 0 Å². The number of hydrogen-bond acceptors (Lipinski definition) is 5. The molecule has 1 saturated heterocycles. The molecule has 2 aromatic carbocycles. The van der Waals surface area contributed by atoms with Crippen LogP contribution in [0.15, 0.2) is 60.7 Å². The molecule has 0 atom stereocenters. The summed E-state index contributed by atoms with van der Waals surface area (Å²) < 4.78 is 13.4. The topological polar surface area (TPSA) is 61.4 Å². The molecule has 148 valence electrons. The molecule has 0 unspecified atom stereocenters. The quantitative estimate of drug-likeness (QED) is 0.738. The number of halogens is 1. The number of amides is 1. The Kier molecular flexibility index (Phi) is 5.37. The molecule has 7 heteroatoms. The maximum Gasteiger partial charge on any atom is 0.274 e. The molecule has 4 rings (SSSR count). The van der Waals surface area contributed by atoms with Gasteiger partial charge in [0.2, 0.25) is 0 Å². The smallest absolute Gasteiger partial charge is 0.274 e. The van der Waals surface area contributed by atoms with Gasteiger partial charge in [0.05, 0.1) is 0 Å². The number of piperazine rings is 1. The fourth-order valence-corrected chi connectivity index (χ4v) is 3.42. The molecule has 1 N–H and O–H groups in total. The molecular weight excluding hydrogens is 369 g/mol. The van der Waals surface area contributed by atoms with Crippen LogP contribution in [0.2, 0.25) is 0 Å². The first-order valence-electron chi connectivity index (χ1n) is 9.56. The maximum absolute atomic E-state index is 13.4. The van der Waals surface area contributed by atoms with Crippen molar-refractivity contribution in [2.45, 2.75) is 6.92 Å². The Labute approximate surface area is 169 Å². The number of carbonyl (C=O) groups is 1. The Morgan fingerprint density at radius 3 is 2.38 bits per heavy atom. The average Bonchev–Trinajstić information content (AvgIpc) is 2.74. The third kappa shape index (κ3) is 4.51. The summed E-state index contributed by atoms with van der Waals surface area (Å²) >= 11 is 0. The van der Waals surface area contributed by atoms with Crippen molar-refractivity contribution in [2.24, 2.45) is 0 Å². The normalized spacial score (nSPS) is 14.0. The molecule has 1 fully saturated rings. The van der Waals surface area contributed by atoms with Crippen LogP contribution in [-0.2, 0) is 0 Å². The molecule has 0 aliphatic carbocycles. The summed E-state index contributed by atoms with van der Waals surface area (Å²) in [7, 11) is 0. The summed E-state index contributed by atoms with van der Waals surface area (Å²) in [5, 5.41) is 2.69. The van der Waals surface area contributed by atoms with Crippen LogP contribution < -0.4 is 15.1 Å². The van der Waals surface area contributed by atoms with Gasteiger partial charge in [-0.2, -0.15) is 0 Å². The van der Waals surface area contributed by atoms with Crippen LogP contribution in [0.5, 0.6) is 0 Å². The van der Waals surface area contributed by atoms with E-state index in [1.54, 1.807) is 25.1 Å². The van der Waals surface area contributed by atoms with Gasteiger partial charge in [-0.3, -0.25) is 4.79 Å². The number of hydrogen-bond donors (Lipinski definition) is 1. The minimum Gasteiger partial charge on any atom is -0.368 e. The second kappa shape index (κ2) is 8.26. The van der Waals surface area contributed by atoms with Gasteiger partial charge in [-0.25, -0.2) is 14.4 Å². The van der Waals surface area contributed by atoms with Crippen LogP contribution in [0.25, 0.3) is 0 Å². The SMILES string of the molecule is Cc1nc(C(=O)Nc2cccc(F)c2)cc(N2CCN(c3ccccc3)CC2)n1. The molecule has 0 saturated carbocycles. The van der Waals surface area contributed by atoms with Gasteiger partial charge in [0.25, 0.3) is 5.91 Å². The van der Waals surface area contributed by atoms with E-state index in [1.807, 2.05) is 18.2 Å². The van der Waals surface area contributed by atoms with Gasteiger partial charge in [-0.15, -0.1) is 0 Å². The fraction of sp³-hybridized carbons (Fsp3) is 0.227. The van der Waals surface area contributed by atoms with Gasteiger partial charge >= 0.3 is 0 Å². The van der Waals surface area contributed by atoms with Gasteiger partial charge < -0.3 is 15.1 Å². The fourth-order valence-electron chi connectivity index (χ4n) is 3.42. The van der Waals surface area contributed by atoms with E-state index in [0.717, 1.165) is 32.0 Å². The number of benzene rings is 2. The van der Waals surface area contributed by atoms with Crippen molar-refractivity contribution in [1.29, 1.82) is 0 Å². The number of aromatic nitrogens is 2. The van der Waals surface area contributed by atoms with Crippen molar-refractivity contribution in [3.63, 3.8) is 0 Å². The highest BCUT2D eigenvalue weighted by molar-refractivity contribution is 6.03. The van der Waals surface area contributed by atoms with Crippen LogP contribution in [0, 0.1) is 12.7 Å². The van der Waals surface area contributed by atoms with Crippen molar-refractivity contribution in [3.05, 3.63) is 78.0 Å². The van der Waals surface area contributed by atoms with Crippen LogP contribution in [0.4, 0.5) is 21.6 Å². The number of rotatable bonds is 4.